The summed E-state index contributed by atoms with van der Waals surface area (Å²) >= 11 is 0. The molecule has 0 aromatic carbocycles. The van der Waals surface area contributed by atoms with Crippen molar-refractivity contribution in [1.29, 1.82) is 0 Å². The van der Waals surface area contributed by atoms with E-state index in [9.17, 15) is 22.8 Å². The Hall–Kier alpha value is -2.06. The van der Waals surface area contributed by atoms with E-state index in [0.29, 0.717) is 0 Å². The van der Waals surface area contributed by atoms with Gasteiger partial charge in [0.05, 0.1) is 0 Å². The van der Waals surface area contributed by atoms with Crippen LogP contribution in [0.1, 0.15) is 5.69 Å². The number of nitrogens with one attached hydrogen (secondary N) is 3. The summed E-state index contributed by atoms with van der Waals surface area (Å²) in [6, 6.07) is 0. The first kappa shape index (κ1) is 9.49. The van der Waals surface area contributed by atoms with Gasteiger partial charge in [-0.2, -0.15) is 18.3 Å². The van der Waals surface area contributed by atoms with E-state index >= 15 is 0 Å². The number of hydrogen-bond donors (Lipinski definition) is 3. The fraction of sp³-hybridized carbons (Fsp3) is 0.167. The number of nitrogens with zero attached hydrogens (tertiary/aromatic N) is 1. The van der Waals surface area contributed by atoms with E-state index in [1.807, 2.05) is 4.98 Å². The molecule has 0 bridgehead atoms. The zero-order valence-electron chi connectivity index (χ0n) is 6.90. The summed E-state index contributed by atoms with van der Waals surface area (Å²) < 4.78 is 36.9. The van der Waals surface area contributed by atoms with Gasteiger partial charge in [-0.05, 0) is 0 Å². The Kier molecular flexibility index (Phi) is 1.72. The second-order valence-corrected chi connectivity index (χ2v) is 2.73. The van der Waals surface area contributed by atoms with Crippen LogP contribution in [0, 0.1) is 0 Å². The van der Waals surface area contributed by atoms with Crippen LogP contribution in [0.5, 0.6) is 0 Å². The molecule has 80 valence electrons. The second kappa shape index (κ2) is 2.72. The highest BCUT2D eigenvalue weighted by Crippen LogP contribution is 2.30. The van der Waals surface area contributed by atoms with E-state index in [0.717, 1.165) is 0 Å². The number of rotatable bonds is 0. The summed E-state index contributed by atoms with van der Waals surface area (Å²) in [5.74, 6) is 0. The lowest BCUT2D eigenvalue weighted by atomic mass is 10.3. The van der Waals surface area contributed by atoms with Crippen molar-refractivity contribution >= 4 is 11.0 Å². The molecule has 2 rings (SSSR count). The summed E-state index contributed by atoms with van der Waals surface area (Å²) in [5.41, 5.74) is -3.74. The van der Waals surface area contributed by atoms with Crippen LogP contribution in [0.25, 0.3) is 11.0 Å². The third-order valence-corrected chi connectivity index (χ3v) is 1.74. The quantitative estimate of drug-likeness (QED) is 0.581. The topological polar surface area (TPSA) is 94.4 Å². The van der Waals surface area contributed by atoms with E-state index in [-0.39, 0.29) is 0 Å². The molecule has 2 heterocycles. The van der Waals surface area contributed by atoms with Crippen LogP contribution in [-0.2, 0) is 6.18 Å². The van der Waals surface area contributed by atoms with E-state index in [1.165, 1.54) is 0 Å². The molecule has 3 N–H and O–H groups in total. The van der Waals surface area contributed by atoms with Crippen molar-refractivity contribution in [2.45, 2.75) is 6.18 Å². The molecule has 0 atom stereocenters. The first-order valence-electron chi connectivity index (χ1n) is 3.67. The van der Waals surface area contributed by atoms with Gasteiger partial charge in [0.25, 0.3) is 5.56 Å². The van der Waals surface area contributed by atoms with Gasteiger partial charge < -0.3 is 0 Å². The van der Waals surface area contributed by atoms with Crippen LogP contribution in [0.4, 0.5) is 13.2 Å². The van der Waals surface area contributed by atoms with E-state index in [2.05, 4.69) is 5.10 Å². The van der Waals surface area contributed by atoms with Crippen molar-refractivity contribution in [3.8, 4) is 0 Å². The maximum absolute atomic E-state index is 12.3. The van der Waals surface area contributed by atoms with Gasteiger partial charge >= 0.3 is 11.9 Å². The van der Waals surface area contributed by atoms with Gasteiger partial charge in [-0.3, -0.25) is 19.9 Å². The highest BCUT2D eigenvalue weighted by atomic mass is 19.4. The lowest BCUT2D eigenvalue weighted by molar-refractivity contribution is -0.140. The zero-order chi connectivity index (χ0) is 11.2. The van der Waals surface area contributed by atoms with Gasteiger partial charge in [0.2, 0.25) is 0 Å². The van der Waals surface area contributed by atoms with Gasteiger partial charge in [-0.25, -0.2) is 4.79 Å². The molecule has 0 spiro atoms. The van der Waals surface area contributed by atoms with Crippen molar-refractivity contribution in [2.75, 3.05) is 0 Å². The lowest BCUT2D eigenvalue weighted by Crippen LogP contribution is -2.23. The first-order valence-corrected chi connectivity index (χ1v) is 3.67. The van der Waals surface area contributed by atoms with Crippen molar-refractivity contribution in [1.82, 2.24) is 20.2 Å². The van der Waals surface area contributed by atoms with Gasteiger partial charge in [0.1, 0.15) is 5.39 Å². The molecule has 0 fully saturated rings. The number of hydrogen-bond acceptors (Lipinski definition) is 3. The molecule has 0 saturated carbocycles. The largest absolute Gasteiger partial charge is 0.433 e. The monoisotopic (exact) mass is 220 g/mol. The Balaban J connectivity index is 2.93. The zero-order valence-corrected chi connectivity index (χ0v) is 6.90. The van der Waals surface area contributed by atoms with Crippen LogP contribution in [0.2, 0.25) is 0 Å². The standard InChI is InChI=1S/C6H3F3N4O2/c7-6(8,9)2-1-3(13-12-2)10-5(15)11-4(1)14/h(H3,10,11,12,13,14,15). The third-order valence-electron chi connectivity index (χ3n) is 1.74. The summed E-state index contributed by atoms with van der Waals surface area (Å²) in [4.78, 5) is 25.5. The Morgan fingerprint density at radius 2 is 1.80 bits per heavy atom. The van der Waals surface area contributed by atoms with E-state index < -0.39 is 34.2 Å². The number of H-pyrrole nitrogens is 3. The van der Waals surface area contributed by atoms with Crippen LogP contribution < -0.4 is 11.2 Å². The molecule has 2 aromatic rings. The fourth-order valence-corrected chi connectivity index (χ4v) is 1.16. The average molecular weight is 220 g/mol. The van der Waals surface area contributed by atoms with Gasteiger partial charge in [-0.1, -0.05) is 0 Å². The molecule has 0 unspecified atom stereocenters. The Labute approximate surface area is 78.1 Å². The molecule has 0 radical (unpaired) electrons. The lowest BCUT2D eigenvalue weighted by Gasteiger charge is -2.01. The fourth-order valence-electron chi connectivity index (χ4n) is 1.16. The minimum Gasteiger partial charge on any atom is -0.290 e. The Morgan fingerprint density at radius 1 is 1.13 bits per heavy atom. The maximum Gasteiger partial charge on any atom is 0.433 e. The first-order chi connectivity index (χ1) is 6.89. The molecule has 0 aliphatic heterocycles. The van der Waals surface area contributed by atoms with Crippen LogP contribution >= 0.6 is 0 Å². The summed E-state index contributed by atoms with van der Waals surface area (Å²) in [6.07, 6.45) is -4.72. The normalized spacial score (nSPS) is 12.2. The molecule has 2 aromatic heterocycles. The van der Waals surface area contributed by atoms with E-state index in [4.69, 9.17) is 0 Å². The average Bonchev–Trinajstić information content (AvgIpc) is 2.45. The summed E-state index contributed by atoms with van der Waals surface area (Å²) in [7, 11) is 0. The predicted octanol–water partition coefficient (Wildman–Crippen LogP) is -0.0417. The number of alkyl halides is 3. The number of fused-ring (bicyclic) bond motifs is 1. The van der Waals surface area contributed by atoms with Crippen molar-refractivity contribution in [3.05, 3.63) is 26.5 Å². The smallest absolute Gasteiger partial charge is 0.290 e. The SMILES string of the molecule is O=c1[nH]c(=O)c2c(C(F)(F)F)[nH]nc2[nH]1. The molecule has 0 amide bonds. The molecule has 9 heteroatoms. The minimum atomic E-state index is -4.72. The van der Waals surface area contributed by atoms with Crippen LogP contribution in [0.3, 0.4) is 0 Å². The number of aromatic nitrogens is 4. The maximum atomic E-state index is 12.3. The number of halogens is 3. The minimum absolute atomic E-state index is 0.420. The molecule has 0 saturated heterocycles. The molecule has 15 heavy (non-hydrogen) atoms. The summed E-state index contributed by atoms with van der Waals surface area (Å²) in [6.45, 7) is 0. The molecule has 0 aliphatic carbocycles. The van der Waals surface area contributed by atoms with Gasteiger partial charge in [0, 0.05) is 0 Å². The van der Waals surface area contributed by atoms with Gasteiger partial charge in [0.15, 0.2) is 11.3 Å². The second-order valence-electron chi connectivity index (χ2n) is 2.73. The summed E-state index contributed by atoms with van der Waals surface area (Å²) in [5, 5.41) is 4.14. The Morgan fingerprint density at radius 3 is 2.40 bits per heavy atom. The highest BCUT2D eigenvalue weighted by Gasteiger charge is 2.36. The van der Waals surface area contributed by atoms with Crippen molar-refractivity contribution < 1.29 is 13.2 Å². The van der Waals surface area contributed by atoms with Crippen molar-refractivity contribution in [2.24, 2.45) is 0 Å². The molecule has 0 aliphatic rings. The Bertz CT molecular complexity index is 620. The van der Waals surface area contributed by atoms with Crippen molar-refractivity contribution in [3.63, 3.8) is 0 Å². The number of aromatic amines is 3. The van der Waals surface area contributed by atoms with Gasteiger partial charge in [-0.15, -0.1) is 0 Å². The molecular formula is C6H3F3N4O2. The highest BCUT2D eigenvalue weighted by molar-refractivity contribution is 5.76. The predicted molar refractivity (Wildman–Crippen MR) is 42.3 cm³/mol. The van der Waals surface area contributed by atoms with Crippen LogP contribution in [0.15, 0.2) is 9.59 Å². The van der Waals surface area contributed by atoms with Crippen LogP contribution in [-0.4, -0.2) is 20.2 Å². The molecular weight excluding hydrogens is 217 g/mol. The molecule has 6 nitrogen and oxygen atoms in total. The third kappa shape index (κ3) is 1.41. The van der Waals surface area contributed by atoms with E-state index in [1.54, 1.807) is 10.1 Å².